The lowest BCUT2D eigenvalue weighted by molar-refractivity contribution is 0.0495. The number of aromatic nitrogens is 2. The summed E-state index contributed by atoms with van der Waals surface area (Å²) in [5.41, 5.74) is 0.595. The monoisotopic (exact) mass is 385 g/mol. The lowest BCUT2D eigenvalue weighted by Gasteiger charge is -2.38. The number of piperidine rings is 1. The van der Waals surface area contributed by atoms with Crippen LogP contribution < -0.4 is 10.2 Å². The Morgan fingerprint density at radius 2 is 2.00 bits per heavy atom. The Kier molecular flexibility index (Phi) is 5.36. The second-order valence-electron chi connectivity index (χ2n) is 8.21. The number of anilines is 1. The molecule has 0 aliphatic carbocycles. The molecule has 28 heavy (non-hydrogen) atoms. The van der Waals surface area contributed by atoms with Gasteiger partial charge in [0.25, 0.3) is 0 Å². The fraction of sp³-hybridized carbons (Fsp3) is 0.500. The summed E-state index contributed by atoms with van der Waals surface area (Å²) in [7, 11) is 0. The van der Waals surface area contributed by atoms with Gasteiger partial charge in [0.1, 0.15) is 34.2 Å². The zero-order valence-electron chi connectivity index (χ0n) is 16.5. The quantitative estimate of drug-likeness (QED) is 0.852. The summed E-state index contributed by atoms with van der Waals surface area (Å²) in [6.07, 6.45) is 3.24. The molecule has 0 unspecified atom stereocenters. The second kappa shape index (κ2) is 7.58. The van der Waals surface area contributed by atoms with Gasteiger partial charge in [-0.1, -0.05) is 6.92 Å². The van der Waals surface area contributed by atoms with E-state index in [1.165, 1.54) is 18.5 Å². The summed E-state index contributed by atoms with van der Waals surface area (Å²) in [6.45, 7) is 8.49. The third kappa shape index (κ3) is 4.30. The minimum Gasteiger partial charge on any atom is -0.444 e. The highest BCUT2D eigenvalue weighted by atomic mass is 19.1. The minimum atomic E-state index is -0.588. The number of amides is 1. The number of alkyl carbamates (subject to hydrolysis) is 1. The standard InChI is InChI=1S/C20H24FN5O2/c1-12-7-14(25-19(27)28-20(2,3)4)11-26(10-12)18-15(21)8-13(9-22)16-17(18)24-6-5-23-16/h5-6,8,12,14H,7,10-11H2,1-4H3,(H,25,27)/t12-,14+/m0/s1. The number of carbonyl (C=O) groups excluding carboxylic acids is 1. The van der Waals surface area contributed by atoms with Crippen molar-refractivity contribution in [2.24, 2.45) is 5.92 Å². The first-order valence-electron chi connectivity index (χ1n) is 9.25. The number of benzene rings is 1. The van der Waals surface area contributed by atoms with E-state index in [1.807, 2.05) is 17.9 Å². The van der Waals surface area contributed by atoms with Crippen LogP contribution in [0.2, 0.25) is 0 Å². The Morgan fingerprint density at radius 3 is 2.64 bits per heavy atom. The Bertz CT molecular complexity index is 935. The molecule has 2 atom stereocenters. The largest absolute Gasteiger partial charge is 0.444 e. The van der Waals surface area contributed by atoms with Crippen molar-refractivity contribution in [1.82, 2.24) is 15.3 Å². The van der Waals surface area contributed by atoms with Crippen molar-refractivity contribution in [2.45, 2.75) is 45.8 Å². The van der Waals surface area contributed by atoms with Crippen LogP contribution in [0.1, 0.15) is 39.7 Å². The smallest absolute Gasteiger partial charge is 0.407 e. The number of carbonyl (C=O) groups is 1. The normalized spacial score (nSPS) is 19.9. The molecule has 2 aromatic rings. The molecule has 0 spiro atoms. The molecule has 7 nitrogen and oxygen atoms in total. The maximum atomic E-state index is 14.9. The van der Waals surface area contributed by atoms with Crippen LogP contribution in [0.3, 0.4) is 0 Å². The van der Waals surface area contributed by atoms with E-state index in [9.17, 15) is 14.4 Å². The van der Waals surface area contributed by atoms with Gasteiger partial charge in [0, 0.05) is 31.5 Å². The average Bonchev–Trinajstić information content (AvgIpc) is 2.58. The molecule has 1 aromatic heterocycles. The minimum absolute atomic E-state index is 0.151. The maximum absolute atomic E-state index is 14.9. The number of rotatable bonds is 2. The van der Waals surface area contributed by atoms with Gasteiger partial charge < -0.3 is 15.0 Å². The molecule has 1 amide bonds. The number of nitrogens with one attached hydrogen (secondary N) is 1. The van der Waals surface area contributed by atoms with E-state index in [0.29, 0.717) is 29.8 Å². The number of nitriles is 1. The van der Waals surface area contributed by atoms with E-state index in [-0.39, 0.29) is 17.5 Å². The van der Waals surface area contributed by atoms with Gasteiger partial charge in [0.15, 0.2) is 0 Å². The van der Waals surface area contributed by atoms with Gasteiger partial charge in [-0.25, -0.2) is 9.18 Å². The van der Waals surface area contributed by atoms with E-state index >= 15 is 0 Å². The zero-order chi connectivity index (χ0) is 20.5. The molecule has 0 saturated carbocycles. The highest BCUT2D eigenvalue weighted by molar-refractivity contribution is 5.92. The van der Waals surface area contributed by atoms with Crippen molar-refractivity contribution in [1.29, 1.82) is 5.26 Å². The number of hydrogen-bond acceptors (Lipinski definition) is 6. The van der Waals surface area contributed by atoms with Crippen LogP contribution in [-0.2, 0) is 4.74 Å². The predicted molar refractivity (Wildman–Crippen MR) is 103 cm³/mol. The molecule has 1 saturated heterocycles. The van der Waals surface area contributed by atoms with Gasteiger partial charge in [-0.15, -0.1) is 0 Å². The topological polar surface area (TPSA) is 91.1 Å². The van der Waals surface area contributed by atoms with Crippen LogP contribution in [0, 0.1) is 23.1 Å². The van der Waals surface area contributed by atoms with Gasteiger partial charge in [0.2, 0.25) is 0 Å². The first-order valence-corrected chi connectivity index (χ1v) is 9.25. The molecular formula is C20H24FN5O2. The van der Waals surface area contributed by atoms with E-state index in [4.69, 9.17) is 4.74 Å². The van der Waals surface area contributed by atoms with Gasteiger partial charge >= 0.3 is 6.09 Å². The Morgan fingerprint density at radius 1 is 1.32 bits per heavy atom. The van der Waals surface area contributed by atoms with Crippen molar-refractivity contribution in [2.75, 3.05) is 18.0 Å². The third-order valence-corrected chi connectivity index (χ3v) is 4.49. The first kappa shape index (κ1) is 19.8. The molecular weight excluding hydrogens is 361 g/mol. The van der Waals surface area contributed by atoms with Crippen LogP contribution in [0.15, 0.2) is 18.5 Å². The highest BCUT2D eigenvalue weighted by Gasteiger charge is 2.30. The average molecular weight is 385 g/mol. The van der Waals surface area contributed by atoms with Gasteiger partial charge in [-0.05, 0) is 39.2 Å². The van der Waals surface area contributed by atoms with Crippen molar-refractivity contribution >= 4 is 22.8 Å². The zero-order valence-corrected chi connectivity index (χ0v) is 16.5. The molecule has 3 rings (SSSR count). The molecule has 1 aliphatic heterocycles. The number of halogens is 1. The Balaban J connectivity index is 1.90. The first-order chi connectivity index (χ1) is 13.2. The summed E-state index contributed by atoms with van der Waals surface area (Å²) >= 11 is 0. The van der Waals surface area contributed by atoms with Crippen molar-refractivity contribution < 1.29 is 13.9 Å². The van der Waals surface area contributed by atoms with Crippen LogP contribution in [-0.4, -0.2) is 40.8 Å². The van der Waals surface area contributed by atoms with E-state index in [1.54, 1.807) is 20.8 Å². The Labute approximate surface area is 163 Å². The van der Waals surface area contributed by atoms with Gasteiger partial charge in [-0.3, -0.25) is 9.97 Å². The summed E-state index contributed by atoms with van der Waals surface area (Å²) in [4.78, 5) is 22.5. The second-order valence-corrected chi connectivity index (χ2v) is 8.21. The number of hydrogen-bond donors (Lipinski definition) is 1. The maximum Gasteiger partial charge on any atom is 0.407 e. The van der Waals surface area contributed by atoms with Crippen LogP contribution >= 0.6 is 0 Å². The molecule has 0 radical (unpaired) electrons. The lowest BCUT2D eigenvalue weighted by atomic mass is 9.95. The van der Waals surface area contributed by atoms with E-state index < -0.39 is 17.5 Å². The molecule has 8 heteroatoms. The number of fused-ring (bicyclic) bond motifs is 1. The fourth-order valence-electron chi connectivity index (χ4n) is 3.58. The van der Waals surface area contributed by atoms with Gasteiger partial charge in [0.05, 0.1) is 5.56 Å². The summed E-state index contributed by atoms with van der Waals surface area (Å²) in [6, 6.07) is 2.97. The number of nitrogens with zero attached hydrogens (tertiary/aromatic N) is 4. The Hall–Kier alpha value is -2.95. The summed E-state index contributed by atoms with van der Waals surface area (Å²) in [5.74, 6) is -0.301. The van der Waals surface area contributed by atoms with Crippen molar-refractivity contribution in [3.63, 3.8) is 0 Å². The van der Waals surface area contributed by atoms with Crippen molar-refractivity contribution in [3.8, 4) is 6.07 Å². The molecule has 1 fully saturated rings. The highest BCUT2D eigenvalue weighted by Crippen LogP contribution is 2.32. The molecule has 1 N–H and O–H groups in total. The summed E-state index contributed by atoms with van der Waals surface area (Å²) < 4.78 is 20.3. The third-order valence-electron chi connectivity index (χ3n) is 4.49. The molecule has 1 aromatic carbocycles. The predicted octanol–water partition coefficient (Wildman–Crippen LogP) is 3.38. The molecule has 148 valence electrons. The summed E-state index contributed by atoms with van der Waals surface area (Å²) in [5, 5.41) is 12.2. The van der Waals surface area contributed by atoms with Crippen LogP contribution in [0.4, 0.5) is 14.9 Å². The van der Waals surface area contributed by atoms with Crippen molar-refractivity contribution in [3.05, 3.63) is 29.8 Å². The van der Waals surface area contributed by atoms with E-state index in [0.717, 1.165) is 6.42 Å². The van der Waals surface area contributed by atoms with E-state index in [2.05, 4.69) is 15.3 Å². The SMILES string of the molecule is C[C@H]1C[C@@H](NC(=O)OC(C)(C)C)CN(c2c(F)cc(C#N)c3nccnc23)C1. The fourth-order valence-corrected chi connectivity index (χ4v) is 3.58. The molecule has 1 aliphatic rings. The molecule has 2 heterocycles. The molecule has 0 bridgehead atoms. The van der Waals surface area contributed by atoms with Gasteiger partial charge in [-0.2, -0.15) is 5.26 Å². The number of ether oxygens (including phenoxy) is 1. The van der Waals surface area contributed by atoms with Crippen LogP contribution in [0.25, 0.3) is 11.0 Å². The van der Waals surface area contributed by atoms with Crippen LogP contribution in [0.5, 0.6) is 0 Å². The lowest BCUT2D eigenvalue weighted by Crippen LogP contribution is -2.51.